The van der Waals surface area contributed by atoms with Crippen LogP contribution in [0.5, 0.6) is 0 Å². The Bertz CT molecular complexity index is 598. The van der Waals surface area contributed by atoms with E-state index in [9.17, 15) is 0 Å². The predicted octanol–water partition coefficient (Wildman–Crippen LogP) is 2.55. The van der Waals surface area contributed by atoms with Crippen LogP contribution in [0.15, 0.2) is 23.2 Å². The number of nitrogens with zero attached hydrogens (tertiary/aromatic N) is 1. The van der Waals surface area contributed by atoms with E-state index in [1.807, 2.05) is 0 Å². The van der Waals surface area contributed by atoms with Gasteiger partial charge in [0.25, 0.3) is 0 Å². The molecule has 2 aliphatic heterocycles. The van der Waals surface area contributed by atoms with E-state index in [2.05, 4.69) is 35.8 Å². The van der Waals surface area contributed by atoms with E-state index in [1.165, 1.54) is 48.8 Å². The van der Waals surface area contributed by atoms with Gasteiger partial charge in [-0.05, 0) is 62.1 Å². The number of nitrogens with one attached hydrogen (secondary N) is 2. The molecular weight excluding hydrogens is 286 g/mol. The average molecular weight is 313 g/mol. The molecule has 3 aliphatic rings. The van der Waals surface area contributed by atoms with Gasteiger partial charge in [-0.1, -0.05) is 18.2 Å². The van der Waals surface area contributed by atoms with Crippen molar-refractivity contribution in [3.63, 3.8) is 0 Å². The van der Waals surface area contributed by atoms with Crippen molar-refractivity contribution in [3.8, 4) is 0 Å². The van der Waals surface area contributed by atoms with E-state index in [0.717, 1.165) is 25.5 Å². The molecule has 4 nitrogen and oxygen atoms in total. The molecule has 2 N–H and O–H groups in total. The molecule has 0 saturated carbocycles. The maximum Gasteiger partial charge on any atom is 0.191 e. The summed E-state index contributed by atoms with van der Waals surface area (Å²) < 4.78 is 5.93. The first-order valence-corrected chi connectivity index (χ1v) is 9.13. The number of aryl methyl sites for hydroxylation is 2. The minimum Gasteiger partial charge on any atom is -0.373 e. The summed E-state index contributed by atoms with van der Waals surface area (Å²) in [4.78, 5) is 4.80. The first-order valence-electron chi connectivity index (χ1n) is 9.13. The van der Waals surface area contributed by atoms with Crippen LogP contribution >= 0.6 is 0 Å². The molecule has 124 valence electrons. The summed E-state index contributed by atoms with van der Waals surface area (Å²) >= 11 is 0. The number of aliphatic imine (C=N–C) groups is 1. The second-order valence-electron chi connectivity index (χ2n) is 7.01. The Balaban J connectivity index is 1.41. The molecule has 2 bridgehead atoms. The van der Waals surface area contributed by atoms with E-state index in [1.54, 1.807) is 0 Å². The number of guanidine groups is 1. The van der Waals surface area contributed by atoms with E-state index < -0.39 is 0 Å². The highest BCUT2D eigenvalue weighted by atomic mass is 16.5. The second-order valence-corrected chi connectivity index (χ2v) is 7.01. The van der Waals surface area contributed by atoms with Gasteiger partial charge in [0, 0.05) is 6.54 Å². The molecule has 3 atom stereocenters. The number of hydrogen-bond donors (Lipinski definition) is 2. The minimum absolute atomic E-state index is 0.379. The average Bonchev–Trinajstić information content (AvgIpc) is 3.28. The minimum atomic E-state index is 0.379. The van der Waals surface area contributed by atoms with Gasteiger partial charge in [-0.15, -0.1) is 0 Å². The molecule has 2 saturated heterocycles. The van der Waals surface area contributed by atoms with Crippen molar-refractivity contribution >= 4 is 5.96 Å². The van der Waals surface area contributed by atoms with Crippen molar-refractivity contribution in [2.45, 2.75) is 70.2 Å². The Labute approximate surface area is 138 Å². The van der Waals surface area contributed by atoms with Crippen molar-refractivity contribution < 1.29 is 4.74 Å². The lowest BCUT2D eigenvalue weighted by atomic mass is 9.96. The summed E-state index contributed by atoms with van der Waals surface area (Å²) in [5.74, 6) is 0.925. The lowest BCUT2D eigenvalue weighted by Crippen LogP contribution is -2.47. The number of rotatable bonds is 4. The third kappa shape index (κ3) is 3.23. The van der Waals surface area contributed by atoms with Crippen molar-refractivity contribution in [1.82, 2.24) is 10.6 Å². The fourth-order valence-corrected chi connectivity index (χ4v) is 4.18. The topological polar surface area (TPSA) is 45.7 Å². The Kier molecular flexibility index (Phi) is 4.25. The van der Waals surface area contributed by atoms with Gasteiger partial charge >= 0.3 is 0 Å². The van der Waals surface area contributed by atoms with Gasteiger partial charge in [-0.3, -0.25) is 0 Å². The van der Waals surface area contributed by atoms with Crippen LogP contribution in [0.3, 0.4) is 0 Å². The highest BCUT2D eigenvalue weighted by Crippen LogP contribution is 2.34. The van der Waals surface area contributed by atoms with Crippen LogP contribution in [0.4, 0.5) is 0 Å². The summed E-state index contributed by atoms with van der Waals surface area (Å²) in [5.41, 5.74) is 4.37. The van der Waals surface area contributed by atoms with Gasteiger partial charge in [-0.2, -0.15) is 0 Å². The largest absolute Gasteiger partial charge is 0.373 e. The summed E-state index contributed by atoms with van der Waals surface area (Å²) in [6.07, 6.45) is 8.16. The third-order valence-electron chi connectivity index (χ3n) is 5.35. The van der Waals surface area contributed by atoms with Gasteiger partial charge < -0.3 is 15.4 Å². The predicted molar refractivity (Wildman–Crippen MR) is 92.7 cm³/mol. The molecule has 0 aromatic heterocycles. The monoisotopic (exact) mass is 313 g/mol. The SMILES string of the molecule is CCNC(=NCc1ccc2c(c1)CCC2)NC1CC2CCC1O2. The van der Waals surface area contributed by atoms with Crippen LogP contribution in [-0.2, 0) is 24.1 Å². The fraction of sp³-hybridized carbons (Fsp3) is 0.632. The second kappa shape index (κ2) is 6.52. The maximum atomic E-state index is 5.93. The van der Waals surface area contributed by atoms with E-state index in [0.29, 0.717) is 18.2 Å². The first kappa shape index (κ1) is 15.0. The van der Waals surface area contributed by atoms with Crippen LogP contribution < -0.4 is 10.6 Å². The van der Waals surface area contributed by atoms with Crippen LogP contribution in [-0.4, -0.2) is 30.8 Å². The van der Waals surface area contributed by atoms with Crippen LogP contribution in [0.1, 0.15) is 49.3 Å². The van der Waals surface area contributed by atoms with Gasteiger partial charge in [0.15, 0.2) is 5.96 Å². The Morgan fingerprint density at radius 2 is 2.17 bits per heavy atom. The molecule has 0 spiro atoms. The zero-order valence-electron chi connectivity index (χ0n) is 14.0. The molecule has 1 aromatic rings. The standard InChI is InChI=1S/C19H27N3O/c1-2-20-19(22-17-11-16-8-9-18(17)23-16)21-12-13-6-7-14-4-3-5-15(14)10-13/h6-7,10,16-18H,2-5,8-9,11-12H2,1H3,(H2,20,21,22). The molecule has 2 fully saturated rings. The quantitative estimate of drug-likeness (QED) is 0.663. The molecule has 3 unspecified atom stereocenters. The van der Waals surface area contributed by atoms with Crippen LogP contribution in [0.25, 0.3) is 0 Å². The zero-order chi connectivity index (χ0) is 15.6. The van der Waals surface area contributed by atoms with Gasteiger partial charge in [0.2, 0.25) is 0 Å². The Hall–Kier alpha value is -1.55. The van der Waals surface area contributed by atoms with Crippen molar-refractivity contribution in [2.75, 3.05) is 6.54 Å². The van der Waals surface area contributed by atoms with Gasteiger partial charge in [0.05, 0.1) is 24.8 Å². The summed E-state index contributed by atoms with van der Waals surface area (Å²) in [5, 5.41) is 6.96. The third-order valence-corrected chi connectivity index (χ3v) is 5.35. The number of benzene rings is 1. The molecule has 2 heterocycles. The van der Waals surface area contributed by atoms with E-state index in [-0.39, 0.29) is 0 Å². The van der Waals surface area contributed by atoms with Crippen molar-refractivity contribution in [3.05, 3.63) is 34.9 Å². The maximum absolute atomic E-state index is 5.93. The summed E-state index contributed by atoms with van der Waals surface area (Å²) in [7, 11) is 0. The van der Waals surface area contributed by atoms with Crippen molar-refractivity contribution in [2.24, 2.45) is 4.99 Å². The lowest BCUT2D eigenvalue weighted by Gasteiger charge is -2.22. The summed E-state index contributed by atoms with van der Waals surface area (Å²) in [6, 6.07) is 7.29. The molecule has 1 aromatic carbocycles. The van der Waals surface area contributed by atoms with Crippen LogP contribution in [0.2, 0.25) is 0 Å². The molecule has 0 radical (unpaired) electrons. The Morgan fingerprint density at radius 3 is 2.96 bits per heavy atom. The molecule has 4 heteroatoms. The number of fused-ring (bicyclic) bond motifs is 3. The highest BCUT2D eigenvalue weighted by Gasteiger charge is 2.41. The van der Waals surface area contributed by atoms with E-state index >= 15 is 0 Å². The normalized spacial score (nSPS) is 28.9. The summed E-state index contributed by atoms with van der Waals surface area (Å²) in [6.45, 7) is 3.74. The lowest BCUT2D eigenvalue weighted by molar-refractivity contribution is 0.0992. The number of hydrogen-bond acceptors (Lipinski definition) is 2. The highest BCUT2D eigenvalue weighted by molar-refractivity contribution is 5.80. The van der Waals surface area contributed by atoms with Gasteiger partial charge in [0.1, 0.15) is 0 Å². The Morgan fingerprint density at radius 1 is 1.26 bits per heavy atom. The molecule has 1 aliphatic carbocycles. The van der Waals surface area contributed by atoms with E-state index in [4.69, 9.17) is 9.73 Å². The zero-order valence-corrected chi connectivity index (χ0v) is 14.0. The molecular formula is C19H27N3O. The first-order chi connectivity index (χ1) is 11.3. The number of ether oxygens (including phenoxy) is 1. The van der Waals surface area contributed by atoms with Crippen molar-refractivity contribution in [1.29, 1.82) is 0 Å². The molecule has 0 amide bonds. The smallest absolute Gasteiger partial charge is 0.191 e. The molecule has 23 heavy (non-hydrogen) atoms. The molecule has 4 rings (SSSR count). The van der Waals surface area contributed by atoms with Crippen LogP contribution in [0, 0.1) is 0 Å². The fourth-order valence-electron chi connectivity index (χ4n) is 4.18. The van der Waals surface area contributed by atoms with Gasteiger partial charge in [-0.25, -0.2) is 4.99 Å².